The van der Waals surface area contributed by atoms with E-state index in [2.05, 4.69) is 36.3 Å². The smallest absolute Gasteiger partial charge is 0.232 e. The van der Waals surface area contributed by atoms with Crippen molar-refractivity contribution in [2.45, 2.75) is 31.6 Å². The van der Waals surface area contributed by atoms with Crippen LogP contribution in [-0.4, -0.2) is 24.9 Å². The SMILES string of the molecule is Cc1nc(C)c(C#N)c(SCc2nc(N)nc(Nc3ccccc3C)n2)n1. The van der Waals surface area contributed by atoms with Gasteiger partial charge in [0, 0.05) is 5.69 Å². The highest BCUT2D eigenvalue weighted by Gasteiger charge is 2.13. The van der Waals surface area contributed by atoms with Gasteiger partial charge in [0.25, 0.3) is 0 Å². The Bertz CT molecular complexity index is 1030. The Hall–Kier alpha value is -3.25. The van der Waals surface area contributed by atoms with Crippen LogP contribution in [0.25, 0.3) is 0 Å². The van der Waals surface area contributed by atoms with Crippen molar-refractivity contribution < 1.29 is 0 Å². The average Bonchev–Trinajstić information content (AvgIpc) is 2.61. The van der Waals surface area contributed by atoms with Gasteiger partial charge in [-0.15, -0.1) is 0 Å². The van der Waals surface area contributed by atoms with Crippen molar-refractivity contribution in [3.05, 3.63) is 52.7 Å². The van der Waals surface area contributed by atoms with Crippen LogP contribution in [0, 0.1) is 32.1 Å². The van der Waals surface area contributed by atoms with Crippen LogP contribution in [0.2, 0.25) is 0 Å². The normalized spacial score (nSPS) is 10.4. The highest BCUT2D eigenvalue weighted by Crippen LogP contribution is 2.25. The largest absolute Gasteiger partial charge is 0.368 e. The fraction of sp³-hybridized carbons (Fsp3) is 0.222. The molecule has 0 atom stereocenters. The molecule has 3 rings (SSSR count). The number of aromatic nitrogens is 5. The van der Waals surface area contributed by atoms with Crippen molar-refractivity contribution in [3.8, 4) is 6.07 Å². The number of benzene rings is 1. The molecular weight excluding hydrogens is 360 g/mol. The van der Waals surface area contributed by atoms with Gasteiger partial charge >= 0.3 is 0 Å². The first-order valence-corrected chi connectivity index (χ1v) is 9.16. The van der Waals surface area contributed by atoms with E-state index in [9.17, 15) is 5.26 Å². The van der Waals surface area contributed by atoms with Crippen molar-refractivity contribution in [1.82, 2.24) is 24.9 Å². The van der Waals surface area contributed by atoms with E-state index in [1.165, 1.54) is 11.8 Å². The Balaban J connectivity index is 1.82. The van der Waals surface area contributed by atoms with Crippen LogP contribution in [0.15, 0.2) is 29.3 Å². The minimum absolute atomic E-state index is 0.132. The Morgan fingerprint density at radius 1 is 1.07 bits per heavy atom. The summed E-state index contributed by atoms with van der Waals surface area (Å²) in [6.07, 6.45) is 0. The van der Waals surface area contributed by atoms with E-state index in [0.717, 1.165) is 11.3 Å². The Morgan fingerprint density at radius 3 is 2.59 bits per heavy atom. The van der Waals surface area contributed by atoms with Gasteiger partial charge in [-0.3, -0.25) is 0 Å². The molecule has 3 aromatic rings. The molecule has 0 aliphatic heterocycles. The van der Waals surface area contributed by atoms with Gasteiger partial charge in [0.1, 0.15) is 28.3 Å². The van der Waals surface area contributed by atoms with Gasteiger partial charge in [0.15, 0.2) is 0 Å². The van der Waals surface area contributed by atoms with E-state index >= 15 is 0 Å². The molecule has 9 heteroatoms. The molecule has 2 heterocycles. The maximum absolute atomic E-state index is 9.35. The van der Waals surface area contributed by atoms with Crippen molar-refractivity contribution in [3.63, 3.8) is 0 Å². The molecule has 0 aliphatic rings. The summed E-state index contributed by atoms with van der Waals surface area (Å²) in [6, 6.07) is 9.98. The Kier molecular flexibility index (Phi) is 5.47. The highest BCUT2D eigenvalue weighted by atomic mass is 32.2. The molecule has 27 heavy (non-hydrogen) atoms. The van der Waals surface area contributed by atoms with Crippen LogP contribution >= 0.6 is 11.8 Å². The van der Waals surface area contributed by atoms with Gasteiger partial charge in [-0.1, -0.05) is 30.0 Å². The second-order valence-corrected chi connectivity index (χ2v) is 6.77. The summed E-state index contributed by atoms with van der Waals surface area (Å²) >= 11 is 1.37. The fourth-order valence-electron chi connectivity index (χ4n) is 2.44. The zero-order valence-electron chi connectivity index (χ0n) is 15.2. The summed E-state index contributed by atoms with van der Waals surface area (Å²) < 4.78 is 0. The van der Waals surface area contributed by atoms with E-state index in [0.29, 0.717) is 39.6 Å². The molecule has 136 valence electrons. The number of nitrogens with two attached hydrogens (primary N) is 1. The summed E-state index contributed by atoms with van der Waals surface area (Å²) in [5.41, 5.74) is 8.92. The number of aryl methyl sites for hydroxylation is 3. The minimum atomic E-state index is 0.132. The van der Waals surface area contributed by atoms with E-state index in [-0.39, 0.29) is 5.95 Å². The number of anilines is 3. The number of para-hydroxylation sites is 1. The van der Waals surface area contributed by atoms with E-state index in [1.54, 1.807) is 13.8 Å². The lowest BCUT2D eigenvalue weighted by Crippen LogP contribution is -2.07. The monoisotopic (exact) mass is 378 g/mol. The van der Waals surface area contributed by atoms with Crippen LogP contribution in [0.4, 0.5) is 17.6 Å². The van der Waals surface area contributed by atoms with E-state index < -0.39 is 0 Å². The second-order valence-electron chi connectivity index (χ2n) is 5.81. The second kappa shape index (κ2) is 7.97. The summed E-state index contributed by atoms with van der Waals surface area (Å²) in [4.78, 5) is 21.3. The predicted molar refractivity (Wildman–Crippen MR) is 104 cm³/mol. The number of rotatable bonds is 5. The standard InChI is InChI=1S/C18H18N8S/c1-10-6-4-5-7-14(10)23-18-25-15(24-17(20)26-18)9-27-16-13(8-19)11(2)21-12(3)22-16/h4-7H,9H2,1-3H3,(H3,20,23,24,25,26). The molecule has 8 nitrogen and oxygen atoms in total. The van der Waals surface area contributed by atoms with Gasteiger partial charge in [-0.05, 0) is 32.4 Å². The topological polar surface area (TPSA) is 126 Å². The number of nitrogens with zero attached hydrogens (tertiary/aromatic N) is 6. The lowest BCUT2D eigenvalue weighted by Gasteiger charge is -2.10. The van der Waals surface area contributed by atoms with E-state index in [4.69, 9.17) is 5.73 Å². The summed E-state index contributed by atoms with van der Waals surface area (Å²) in [5.74, 6) is 2.03. The molecule has 0 amide bonds. The lowest BCUT2D eigenvalue weighted by molar-refractivity contribution is 0.919. The third-order valence-electron chi connectivity index (χ3n) is 3.71. The summed E-state index contributed by atoms with van der Waals surface area (Å²) in [6.45, 7) is 5.58. The van der Waals surface area contributed by atoms with Crippen LogP contribution in [0.3, 0.4) is 0 Å². The van der Waals surface area contributed by atoms with Gasteiger partial charge in [-0.2, -0.15) is 20.2 Å². The van der Waals surface area contributed by atoms with Crippen LogP contribution in [0.5, 0.6) is 0 Å². The molecule has 0 saturated carbocycles. The fourth-order valence-corrected chi connectivity index (χ4v) is 3.37. The molecule has 0 radical (unpaired) electrons. The predicted octanol–water partition coefficient (Wildman–Crippen LogP) is 3.08. The Labute approximate surface area is 161 Å². The first kappa shape index (κ1) is 18.5. The van der Waals surface area contributed by atoms with Gasteiger partial charge in [-0.25, -0.2) is 9.97 Å². The first-order valence-electron chi connectivity index (χ1n) is 8.17. The number of nitrogens with one attached hydrogen (secondary N) is 1. The van der Waals surface area contributed by atoms with Gasteiger partial charge in [0.2, 0.25) is 11.9 Å². The third kappa shape index (κ3) is 4.48. The Morgan fingerprint density at radius 2 is 1.85 bits per heavy atom. The van der Waals surface area contributed by atoms with Crippen molar-refractivity contribution in [2.24, 2.45) is 0 Å². The molecule has 3 N–H and O–H groups in total. The van der Waals surface area contributed by atoms with Crippen LogP contribution in [0.1, 0.15) is 28.5 Å². The number of hydrogen-bond donors (Lipinski definition) is 2. The third-order valence-corrected chi connectivity index (χ3v) is 4.68. The zero-order valence-corrected chi connectivity index (χ0v) is 16.0. The van der Waals surface area contributed by atoms with Gasteiger partial charge < -0.3 is 11.1 Å². The first-order chi connectivity index (χ1) is 13.0. The molecule has 0 spiro atoms. The molecule has 2 aromatic heterocycles. The molecule has 0 saturated heterocycles. The molecule has 0 fully saturated rings. The number of thioether (sulfide) groups is 1. The summed E-state index contributed by atoms with van der Waals surface area (Å²) in [5, 5.41) is 13.1. The number of hydrogen-bond acceptors (Lipinski definition) is 9. The van der Waals surface area contributed by atoms with Gasteiger partial charge in [0.05, 0.1) is 11.4 Å². The molecule has 0 bridgehead atoms. The van der Waals surface area contributed by atoms with Crippen molar-refractivity contribution >= 4 is 29.3 Å². The number of nitrogen functional groups attached to an aromatic ring is 1. The maximum Gasteiger partial charge on any atom is 0.232 e. The quantitative estimate of drug-likeness (QED) is 0.508. The number of nitriles is 1. The molecule has 0 unspecified atom stereocenters. The molecule has 0 aliphatic carbocycles. The summed E-state index contributed by atoms with van der Waals surface area (Å²) in [7, 11) is 0. The van der Waals surface area contributed by atoms with E-state index in [1.807, 2.05) is 31.2 Å². The maximum atomic E-state index is 9.35. The highest BCUT2D eigenvalue weighted by molar-refractivity contribution is 7.98. The zero-order chi connectivity index (χ0) is 19.4. The minimum Gasteiger partial charge on any atom is -0.368 e. The average molecular weight is 378 g/mol. The molecular formula is C18H18N8S. The van der Waals surface area contributed by atoms with Crippen LogP contribution in [-0.2, 0) is 5.75 Å². The van der Waals surface area contributed by atoms with Crippen molar-refractivity contribution in [1.29, 1.82) is 5.26 Å². The van der Waals surface area contributed by atoms with Crippen LogP contribution < -0.4 is 11.1 Å². The lowest BCUT2D eigenvalue weighted by atomic mass is 10.2. The van der Waals surface area contributed by atoms with Crippen molar-refractivity contribution in [2.75, 3.05) is 11.1 Å². The molecule has 1 aromatic carbocycles.